The summed E-state index contributed by atoms with van der Waals surface area (Å²) in [6, 6.07) is 11.4. The average Bonchev–Trinajstić information content (AvgIpc) is 2.51. The summed E-state index contributed by atoms with van der Waals surface area (Å²) in [6.07, 6.45) is 2.08. The zero-order valence-electron chi connectivity index (χ0n) is 11.5. The molecule has 5 heteroatoms. The molecule has 112 valence electrons. The molecule has 0 aromatic heterocycles. The summed E-state index contributed by atoms with van der Waals surface area (Å²) in [5.74, 6) is 1.57. The molecule has 1 unspecified atom stereocenters. The SMILES string of the molecule is NNC(CCCc1ccccc1)c1ccc(F)c(F)c1F. The Morgan fingerprint density at radius 3 is 2.33 bits per heavy atom. The summed E-state index contributed by atoms with van der Waals surface area (Å²) in [5, 5.41) is 0. The van der Waals surface area contributed by atoms with Crippen LogP contribution in [0.4, 0.5) is 13.2 Å². The van der Waals surface area contributed by atoms with Gasteiger partial charge in [0.2, 0.25) is 0 Å². The molecule has 0 heterocycles. The van der Waals surface area contributed by atoms with Crippen molar-refractivity contribution < 1.29 is 13.2 Å². The number of hydrogen-bond donors (Lipinski definition) is 2. The van der Waals surface area contributed by atoms with E-state index in [1.807, 2.05) is 30.3 Å². The van der Waals surface area contributed by atoms with Crippen LogP contribution in [0.15, 0.2) is 42.5 Å². The zero-order valence-corrected chi connectivity index (χ0v) is 11.5. The van der Waals surface area contributed by atoms with Gasteiger partial charge in [-0.25, -0.2) is 13.2 Å². The second-order valence-corrected chi connectivity index (χ2v) is 4.86. The van der Waals surface area contributed by atoms with Gasteiger partial charge < -0.3 is 0 Å². The fourth-order valence-corrected chi connectivity index (χ4v) is 2.29. The minimum Gasteiger partial charge on any atom is -0.271 e. The molecule has 0 spiro atoms. The zero-order chi connectivity index (χ0) is 15.2. The Morgan fingerprint density at radius 2 is 1.67 bits per heavy atom. The van der Waals surface area contributed by atoms with E-state index in [-0.39, 0.29) is 5.56 Å². The van der Waals surface area contributed by atoms with E-state index < -0.39 is 23.5 Å². The van der Waals surface area contributed by atoms with Gasteiger partial charge in [0.15, 0.2) is 17.5 Å². The molecule has 2 nitrogen and oxygen atoms in total. The number of nitrogens with one attached hydrogen (secondary N) is 1. The van der Waals surface area contributed by atoms with Crippen molar-refractivity contribution in [3.8, 4) is 0 Å². The Balaban J connectivity index is 2.02. The third kappa shape index (κ3) is 3.83. The lowest BCUT2D eigenvalue weighted by Crippen LogP contribution is -2.29. The van der Waals surface area contributed by atoms with Gasteiger partial charge in [0, 0.05) is 11.6 Å². The quantitative estimate of drug-likeness (QED) is 0.485. The van der Waals surface area contributed by atoms with Crippen molar-refractivity contribution in [1.29, 1.82) is 0 Å². The molecule has 0 saturated carbocycles. The van der Waals surface area contributed by atoms with Gasteiger partial charge in [-0.05, 0) is 30.9 Å². The molecule has 0 fully saturated rings. The van der Waals surface area contributed by atoms with Crippen molar-refractivity contribution in [2.24, 2.45) is 5.84 Å². The second-order valence-electron chi connectivity index (χ2n) is 4.86. The predicted octanol–water partition coefficient (Wildman–Crippen LogP) is 3.63. The molecule has 0 saturated heterocycles. The second kappa shape index (κ2) is 7.24. The summed E-state index contributed by atoms with van der Waals surface area (Å²) in [7, 11) is 0. The maximum atomic E-state index is 13.7. The Kier molecular flexibility index (Phi) is 5.36. The molecule has 2 rings (SSSR count). The van der Waals surface area contributed by atoms with Gasteiger partial charge >= 0.3 is 0 Å². The van der Waals surface area contributed by atoms with Crippen LogP contribution in [0.1, 0.15) is 30.0 Å². The third-order valence-electron chi connectivity index (χ3n) is 3.44. The highest BCUT2D eigenvalue weighted by Gasteiger charge is 2.19. The van der Waals surface area contributed by atoms with Crippen molar-refractivity contribution in [3.63, 3.8) is 0 Å². The number of aryl methyl sites for hydroxylation is 1. The minimum atomic E-state index is -1.46. The summed E-state index contributed by atoms with van der Waals surface area (Å²) < 4.78 is 39.9. The van der Waals surface area contributed by atoms with E-state index in [2.05, 4.69) is 5.43 Å². The first-order chi connectivity index (χ1) is 10.1. The highest BCUT2D eigenvalue weighted by molar-refractivity contribution is 5.23. The van der Waals surface area contributed by atoms with Gasteiger partial charge in [-0.2, -0.15) is 0 Å². The topological polar surface area (TPSA) is 38.0 Å². The maximum Gasteiger partial charge on any atom is 0.194 e. The lowest BCUT2D eigenvalue weighted by Gasteiger charge is -2.17. The Morgan fingerprint density at radius 1 is 0.952 bits per heavy atom. The van der Waals surface area contributed by atoms with Crippen molar-refractivity contribution >= 4 is 0 Å². The van der Waals surface area contributed by atoms with Gasteiger partial charge in [0.1, 0.15) is 0 Å². The Hall–Kier alpha value is -1.85. The van der Waals surface area contributed by atoms with E-state index in [0.717, 1.165) is 18.9 Å². The number of halogens is 3. The highest BCUT2D eigenvalue weighted by Crippen LogP contribution is 2.24. The number of hydrazine groups is 1. The first-order valence-corrected chi connectivity index (χ1v) is 6.77. The van der Waals surface area contributed by atoms with Crippen LogP contribution in [-0.4, -0.2) is 0 Å². The van der Waals surface area contributed by atoms with E-state index in [1.165, 1.54) is 11.6 Å². The van der Waals surface area contributed by atoms with Crippen LogP contribution < -0.4 is 11.3 Å². The van der Waals surface area contributed by atoms with Gasteiger partial charge in [-0.15, -0.1) is 0 Å². The molecule has 1 atom stereocenters. The van der Waals surface area contributed by atoms with Crippen molar-refractivity contribution in [1.82, 2.24) is 5.43 Å². The summed E-state index contributed by atoms with van der Waals surface area (Å²) in [4.78, 5) is 0. The monoisotopic (exact) mass is 294 g/mol. The molecular formula is C16H17F3N2. The van der Waals surface area contributed by atoms with E-state index in [1.54, 1.807) is 0 Å². The van der Waals surface area contributed by atoms with Crippen LogP contribution in [0.2, 0.25) is 0 Å². The largest absolute Gasteiger partial charge is 0.271 e. The van der Waals surface area contributed by atoms with E-state index in [4.69, 9.17) is 5.84 Å². The fourth-order valence-electron chi connectivity index (χ4n) is 2.29. The molecule has 21 heavy (non-hydrogen) atoms. The number of benzene rings is 2. The van der Waals surface area contributed by atoms with Crippen molar-refractivity contribution in [3.05, 3.63) is 71.0 Å². The molecule has 0 radical (unpaired) electrons. The molecular weight excluding hydrogens is 277 g/mol. The predicted molar refractivity (Wildman–Crippen MR) is 75.8 cm³/mol. The summed E-state index contributed by atoms with van der Waals surface area (Å²) in [5.41, 5.74) is 3.67. The third-order valence-corrected chi connectivity index (χ3v) is 3.44. The van der Waals surface area contributed by atoms with E-state index in [9.17, 15) is 13.2 Å². The first-order valence-electron chi connectivity index (χ1n) is 6.77. The molecule has 0 amide bonds. The maximum absolute atomic E-state index is 13.7. The van der Waals surface area contributed by atoms with Crippen LogP contribution in [0.3, 0.4) is 0 Å². The molecule has 2 aromatic carbocycles. The summed E-state index contributed by atoms with van der Waals surface area (Å²) >= 11 is 0. The highest BCUT2D eigenvalue weighted by atomic mass is 19.2. The van der Waals surface area contributed by atoms with Gasteiger partial charge in [-0.1, -0.05) is 36.4 Å². The molecule has 0 bridgehead atoms. The van der Waals surface area contributed by atoms with Crippen LogP contribution in [0.25, 0.3) is 0 Å². The molecule has 2 aromatic rings. The van der Waals surface area contributed by atoms with Crippen LogP contribution in [0, 0.1) is 17.5 Å². The fraction of sp³-hybridized carbons (Fsp3) is 0.250. The van der Waals surface area contributed by atoms with Crippen LogP contribution in [0.5, 0.6) is 0 Å². The number of hydrogen-bond acceptors (Lipinski definition) is 2. The lowest BCUT2D eigenvalue weighted by molar-refractivity contribution is 0.416. The number of nitrogens with two attached hydrogens (primary N) is 1. The number of rotatable bonds is 6. The minimum absolute atomic E-state index is 0.0458. The van der Waals surface area contributed by atoms with Gasteiger partial charge in [0.05, 0.1) is 0 Å². The van der Waals surface area contributed by atoms with Crippen LogP contribution in [-0.2, 0) is 6.42 Å². The molecule has 0 aliphatic heterocycles. The Labute approximate surface area is 121 Å². The molecule has 0 aliphatic rings. The van der Waals surface area contributed by atoms with Crippen LogP contribution >= 0.6 is 0 Å². The smallest absolute Gasteiger partial charge is 0.194 e. The van der Waals surface area contributed by atoms with Gasteiger partial charge in [-0.3, -0.25) is 11.3 Å². The molecule has 3 N–H and O–H groups in total. The van der Waals surface area contributed by atoms with E-state index in [0.29, 0.717) is 6.42 Å². The lowest BCUT2D eigenvalue weighted by atomic mass is 9.99. The molecule has 0 aliphatic carbocycles. The van der Waals surface area contributed by atoms with E-state index >= 15 is 0 Å². The van der Waals surface area contributed by atoms with Crippen molar-refractivity contribution in [2.75, 3.05) is 0 Å². The Bertz CT molecular complexity index is 588. The van der Waals surface area contributed by atoms with Crippen molar-refractivity contribution in [2.45, 2.75) is 25.3 Å². The average molecular weight is 294 g/mol. The summed E-state index contributed by atoms with van der Waals surface area (Å²) in [6.45, 7) is 0. The first kappa shape index (κ1) is 15.5. The standard InChI is InChI=1S/C16H17F3N2/c17-13-10-9-12(15(18)16(13)19)14(21-20)8-4-7-11-5-2-1-3-6-11/h1-3,5-6,9-10,14,21H,4,7-8,20H2. The normalized spacial score (nSPS) is 12.4. The van der Waals surface area contributed by atoms with Gasteiger partial charge in [0.25, 0.3) is 0 Å².